The lowest BCUT2D eigenvalue weighted by atomic mass is 9.82. The van der Waals surface area contributed by atoms with Crippen LogP contribution in [0.3, 0.4) is 0 Å². The Morgan fingerprint density at radius 2 is 1.81 bits per heavy atom. The molecule has 2 N–H and O–H groups in total. The van der Waals surface area contributed by atoms with Crippen molar-refractivity contribution in [2.45, 2.75) is 51.5 Å². The van der Waals surface area contributed by atoms with Crippen molar-refractivity contribution in [3.63, 3.8) is 0 Å². The van der Waals surface area contributed by atoms with Gasteiger partial charge in [-0.25, -0.2) is 9.59 Å². The zero-order chi connectivity index (χ0) is 15.5. The van der Waals surface area contributed by atoms with Crippen molar-refractivity contribution < 1.29 is 19.4 Å². The van der Waals surface area contributed by atoms with E-state index < -0.39 is 11.5 Å². The molecule has 0 atom stereocenters. The highest BCUT2D eigenvalue weighted by Crippen LogP contribution is 2.37. The molecule has 2 aliphatic rings. The summed E-state index contributed by atoms with van der Waals surface area (Å²) in [5, 5.41) is 12.3. The van der Waals surface area contributed by atoms with Gasteiger partial charge in [0.05, 0.1) is 0 Å². The number of carbonyl (C=O) groups excluding carboxylic acids is 1. The van der Waals surface area contributed by atoms with Crippen LogP contribution in [0.4, 0.5) is 4.79 Å². The Labute approximate surface area is 125 Å². The minimum absolute atomic E-state index is 0.198. The average molecular weight is 298 g/mol. The Hall–Kier alpha value is -1.30. The Morgan fingerprint density at radius 1 is 1.19 bits per heavy atom. The third-order valence-corrected chi connectivity index (χ3v) is 5.33. The van der Waals surface area contributed by atoms with Crippen molar-refractivity contribution in [3.05, 3.63) is 0 Å². The molecule has 0 unspecified atom stereocenters. The minimum atomic E-state index is -1.17. The van der Waals surface area contributed by atoms with E-state index in [1.54, 1.807) is 4.90 Å². The topological polar surface area (TPSA) is 78.9 Å². The summed E-state index contributed by atoms with van der Waals surface area (Å²) in [6.45, 7) is 6.49. The molecule has 0 bridgehead atoms. The fourth-order valence-electron chi connectivity index (χ4n) is 3.33. The van der Waals surface area contributed by atoms with E-state index in [1.165, 1.54) is 0 Å². The Balaban J connectivity index is 2.02. The molecule has 0 aromatic heterocycles. The van der Waals surface area contributed by atoms with Crippen LogP contribution in [-0.2, 0) is 9.53 Å². The number of carboxylic acids is 1. The summed E-state index contributed by atoms with van der Waals surface area (Å²) in [5.74, 6) is -0.962. The van der Waals surface area contributed by atoms with Gasteiger partial charge in [0.2, 0.25) is 0 Å². The first-order valence-electron chi connectivity index (χ1n) is 7.85. The van der Waals surface area contributed by atoms with Gasteiger partial charge in [-0.15, -0.1) is 0 Å². The number of carboxylic acid groups (broad SMARTS) is 1. The summed E-state index contributed by atoms with van der Waals surface area (Å²) < 4.78 is 5.22. The van der Waals surface area contributed by atoms with E-state index in [0.29, 0.717) is 32.6 Å². The summed E-state index contributed by atoms with van der Waals surface area (Å²) in [5.41, 5.74) is -0.970. The third kappa shape index (κ3) is 3.15. The summed E-state index contributed by atoms with van der Waals surface area (Å²) in [6, 6.07) is -0.247. The molecule has 2 heterocycles. The second-order valence-electron chi connectivity index (χ2n) is 6.31. The van der Waals surface area contributed by atoms with Gasteiger partial charge < -0.3 is 20.1 Å². The van der Waals surface area contributed by atoms with E-state index in [9.17, 15) is 14.7 Å². The van der Waals surface area contributed by atoms with Crippen molar-refractivity contribution in [1.29, 1.82) is 0 Å². The van der Waals surface area contributed by atoms with E-state index in [0.717, 1.165) is 25.8 Å². The van der Waals surface area contributed by atoms with Crippen LogP contribution >= 0.6 is 0 Å². The molecule has 6 heteroatoms. The highest BCUT2D eigenvalue weighted by molar-refractivity contribution is 5.86. The molecule has 0 aliphatic carbocycles. The Bertz CT molecular complexity index is 400. The minimum Gasteiger partial charge on any atom is -0.480 e. The predicted molar refractivity (Wildman–Crippen MR) is 78.2 cm³/mol. The van der Waals surface area contributed by atoms with Crippen molar-refractivity contribution in [2.24, 2.45) is 5.41 Å². The first-order valence-corrected chi connectivity index (χ1v) is 7.85. The van der Waals surface area contributed by atoms with Gasteiger partial charge in [-0.05, 0) is 24.7 Å². The predicted octanol–water partition coefficient (Wildman–Crippen LogP) is 1.84. The molecule has 2 amide bonds. The molecule has 6 nitrogen and oxygen atoms in total. The second-order valence-corrected chi connectivity index (χ2v) is 6.31. The zero-order valence-corrected chi connectivity index (χ0v) is 13.0. The van der Waals surface area contributed by atoms with Gasteiger partial charge in [-0.1, -0.05) is 13.8 Å². The molecular weight excluding hydrogens is 272 g/mol. The number of rotatable bonds is 4. The molecule has 120 valence electrons. The zero-order valence-electron chi connectivity index (χ0n) is 13.0. The number of ether oxygens (including phenoxy) is 1. The van der Waals surface area contributed by atoms with E-state index >= 15 is 0 Å². The number of likely N-dealkylation sites (tertiary alicyclic amines) is 1. The summed E-state index contributed by atoms with van der Waals surface area (Å²) >= 11 is 0. The van der Waals surface area contributed by atoms with E-state index in [4.69, 9.17) is 4.74 Å². The standard InChI is InChI=1S/C15H26N2O4/c1-3-14(4-2)5-8-17(11-14)13(20)16-15(12(18)19)6-9-21-10-7-15/h3-11H2,1-2H3,(H,16,20)(H,18,19). The fourth-order valence-corrected chi connectivity index (χ4v) is 3.33. The monoisotopic (exact) mass is 298 g/mol. The highest BCUT2D eigenvalue weighted by Gasteiger charge is 2.44. The highest BCUT2D eigenvalue weighted by atomic mass is 16.5. The number of carbonyl (C=O) groups is 2. The van der Waals surface area contributed by atoms with Crippen LogP contribution in [0, 0.1) is 5.41 Å². The molecule has 0 spiro atoms. The normalized spacial score (nSPS) is 23.8. The second kappa shape index (κ2) is 6.22. The van der Waals surface area contributed by atoms with Crippen molar-refractivity contribution in [3.8, 4) is 0 Å². The number of nitrogens with zero attached hydrogens (tertiary/aromatic N) is 1. The van der Waals surface area contributed by atoms with Crippen molar-refractivity contribution in [2.75, 3.05) is 26.3 Å². The van der Waals surface area contributed by atoms with Crippen LogP contribution in [-0.4, -0.2) is 53.8 Å². The van der Waals surface area contributed by atoms with Crippen LogP contribution in [0.5, 0.6) is 0 Å². The number of aliphatic carboxylic acids is 1. The number of hydrogen-bond acceptors (Lipinski definition) is 3. The molecule has 0 saturated carbocycles. The van der Waals surface area contributed by atoms with Gasteiger partial charge in [-0.2, -0.15) is 0 Å². The maximum absolute atomic E-state index is 12.5. The van der Waals surface area contributed by atoms with Gasteiger partial charge in [0.15, 0.2) is 0 Å². The molecule has 2 rings (SSSR count). The van der Waals surface area contributed by atoms with Gasteiger partial charge in [0.25, 0.3) is 0 Å². The smallest absolute Gasteiger partial charge is 0.329 e. The molecule has 0 aromatic carbocycles. The van der Waals surface area contributed by atoms with E-state index in [2.05, 4.69) is 19.2 Å². The lowest BCUT2D eigenvalue weighted by Crippen LogP contribution is -2.60. The average Bonchev–Trinajstić information content (AvgIpc) is 2.93. The molecule has 2 aliphatic heterocycles. The molecular formula is C15H26N2O4. The Morgan fingerprint density at radius 3 is 2.29 bits per heavy atom. The third-order valence-electron chi connectivity index (χ3n) is 5.33. The Kier molecular flexibility index (Phi) is 4.76. The van der Waals surface area contributed by atoms with Crippen LogP contribution in [0.2, 0.25) is 0 Å². The SMILES string of the molecule is CCC1(CC)CCN(C(=O)NC2(C(=O)O)CCOCC2)C1. The first kappa shape index (κ1) is 16.1. The van der Waals surface area contributed by atoms with Gasteiger partial charge in [0, 0.05) is 39.1 Å². The number of amides is 2. The van der Waals surface area contributed by atoms with Crippen LogP contribution < -0.4 is 5.32 Å². The van der Waals surface area contributed by atoms with Crippen molar-refractivity contribution >= 4 is 12.0 Å². The maximum Gasteiger partial charge on any atom is 0.329 e. The number of nitrogens with one attached hydrogen (secondary N) is 1. The van der Waals surface area contributed by atoms with Crippen LogP contribution in [0.25, 0.3) is 0 Å². The van der Waals surface area contributed by atoms with Crippen molar-refractivity contribution in [1.82, 2.24) is 10.2 Å². The molecule has 0 aromatic rings. The maximum atomic E-state index is 12.5. The molecule has 2 fully saturated rings. The van der Waals surface area contributed by atoms with Gasteiger partial charge in [0.1, 0.15) is 5.54 Å². The van der Waals surface area contributed by atoms with E-state index in [-0.39, 0.29) is 11.4 Å². The number of hydrogen-bond donors (Lipinski definition) is 2. The van der Waals surface area contributed by atoms with E-state index in [1.807, 2.05) is 0 Å². The summed E-state index contributed by atoms with van der Waals surface area (Å²) in [7, 11) is 0. The lowest BCUT2D eigenvalue weighted by Gasteiger charge is -2.35. The lowest BCUT2D eigenvalue weighted by molar-refractivity contribution is -0.148. The van der Waals surface area contributed by atoms with Crippen LogP contribution in [0.1, 0.15) is 46.0 Å². The first-order chi connectivity index (χ1) is 9.97. The summed E-state index contributed by atoms with van der Waals surface area (Å²) in [4.78, 5) is 25.8. The van der Waals surface area contributed by atoms with Gasteiger partial charge in [-0.3, -0.25) is 0 Å². The largest absolute Gasteiger partial charge is 0.480 e. The summed E-state index contributed by atoms with van der Waals surface area (Å²) in [6.07, 6.45) is 3.75. The molecule has 21 heavy (non-hydrogen) atoms. The van der Waals surface area contributed by atoms with Gasteiger partial charge >= 0.3 is 12.0 Å². The number of urea groups is 1. The van der Waals surface area contributed by atoms with Crippen LogP contribution in [0.15, 0.2) is 0 Å². The molecule has 2 saturated heterocycles. The quantitative estimate of drug-likeness (QED) is 0.830. The fraction of sp³-hybridized carbons (Fsp3) is 0.867. The molecule has 0 radical (unpaired) electrons.